The maximum absolute atomic E-state index is 5.99. The summed E-state index contributed by atoms with van der Waals surface area (Å²) in [4.78, 5) is 0. The van der Waals surface area contributed by atoms with Crippen LogP contribution in [-0.2, 0) is 16.7 Å². The van der Waals surface area contributed by atoms with Gasteiger partial charge in [-0.05, 0) is 18.8 Å². The highest BCUT2D eigenvalue weighted by molar-refractivity contribution is 5.10. The predicted molar refractivity (Wildman–Crippen MR) is 65.6 cm³/mol. The molecule has 1 fully saturated rings. The van der Waals surface area contributed by atoms with Crippen molar-refractivity contribution in [2.45, 2.75) is 38.6 Å². The lowest BCUT2D eigenvalue weighted by atomic mass is 9.79. The Hall–Kier alpha value is -0.940. The van der Waals surface area contributed by atoms with E-state index < -0.39 is 0 Å². The summed E-state index contributed by atoms with van der Waals surface area (Å²) in [5, 5.41) is 8.37. The number of ether oxygens (including phenoxy) is 1. The van der Waals surface area contributed by atoms with Crippen LogP contribution in [-0.4, -0.2) is 34.5 Å². The van der Waals surface area contributed by atoms with Crippen molar-refractivity contribution in [3.8, 4) is 0 Å². The second kappa shape index (κ2) is 5.14. The van der Waals surface area contributed by atoms with E-state index in [9.17, 15) is 0 Å². The van der Waals surface area contributed by atoms with Crippen LogP contribution in [0.4, 0.5) is 0 Å². The van der Waals surface area contributed by atoms with Crippen molar-refractivity contribution in [1.29, 1.82) is 0 Å². The predicted octanol–water partition coefficient (Wildman–Crippen LogP) is 0.941. The van der Waals surface area contributed by atoms with Gasteiger partial charge in [0.05, 0.1) is 0 Å². The lowest BCUT2D eigenvalue weighted by Gasteiger charge is -2.35. The lowest BCUT2D eigenvalue weighted by Crippen LogP contribution is -2.43. The van der Waals surface area contributed by atoms with Gasteiger partial charge < -0.3 is 15.0 Å². The van der Waals surface area contributed by atoms with Crippen LogP contribution in [0.5, 0.6) is 0 Å². The molecule has 0 unspecified atom stereocenters. The van der Waals surface area contributed by atoms with Crippen LogP contribution in [0.15, 0.2) is 6.33 Å². The van der Waals surface area contributed by atoms with Crippen molar-refractivity contribution >= 4 is 0 Å². The summed E-state index contributed by atoms with van der Waals surface area (Å²) in [6.07, 6.45) is 3.71. The third-order valence-electron chi connectivity index (χ3n) is 3.49. The monoisotopic (exact) mass is 238 g/mol. The standard InChI is InChI=1S/C12H22N4O/c1-10(2)7-16-9-14-15-11(16)12(8-13)3-5-17-6-4-12/h9-10H,3-8,13H2,1-2H3. The number of hydrogen-bond acceptors (Lipinski definition) is 4. The topological polar surface area (TPSA) is 66.0 Å². The van der Waals surface area contributed by atoms with E-state index in [1.54, 1.807) is 0 Å². The molecule has 96 valence electrons. The first-order valence-electron chi connectivity index (χ1n) is 6.34. The van der Waals surface area contributed by atoms with Gasteiger partial charge >= 0.3 is 0 Å². The Bertz CT molecular complexity index is 355. The Morgan fingerprint density at radius 1 is 1.47 bits per heavy atom. The molecule has 0 saturated carbocycles. The van der Waals surface area contributed by atoms with Crippen LogP contribution in [0.2, 0.25) is 0 Å². The van der Waals surface area contributed by atoms with Crippen LogP contribution >= 0.6 is 0 Å². The van der Waals surface area contributed by atoms with E-state index in [1.807, 2.05) is 6.33 Å². The van der Waals surface area contributed by atoms with Crippen molar-refractivity contribution in [2.24, 2.45) is 11.7 Å². The van der Waals surface area contributed by atoms with Crippen LogP contribution in [0.1, 0.15) is 32.5 Å². The first-order chi connectivity index (χ1) is 8.18. The van der Waals surface area contributed by atoms with E-state index in [1.165, 1.54) is 0 Å². The van der Waals surface area contributed by atoms with Crippen LogP contribution in [0.25, 0.3) is 0 Å². The van der Waals surface area contributed by atoms with E-state index in [4.69, 9.17) is 10.5 Å². The van der Waals surface area contributed by atoms with E-state index in [0.717, 1.165) is 38.4 Å². The molecule has 1 aromatic rings. The van der Waals surface area contributed by atoms with Gasteiger partial charge in [-0.15, -0.1) is 10.2 Å². The van der Waals surface area contributed by atoms with Gasteiger partial charge in [0.1, 0.15) is 12.2 Å². The zero-order valence-electron chi connectivity index (χ0n) is 10.7. The lowest BCUT2D eigenvalue weighted by molar-refractivity contribution is 0.0483. The summed E-state index contributed by atoms with van der Waals surface area (Å²) in [6.45, 7) is 7.50. The molecular weight excluding hydrogens is 216 g/mol. The minimum Gasteiger partial charge on any atom is -0.381 e. The highest BCUT2D eigenvalue weighted by Gasteiger charge is 2.37. The normalized spacial score (nSPS) is 19.8. The summed E-state index contributed by atoms with van der Waals surface area (Å²) in [6, 6.07) is 0. The molecule has 0 atom stereocenters. The Labute approximate surface area is 102 Å². The molecule has 2 N–H and O–H groups in total. The maximum Gasteiger partial charge on any atom is 0.140 e. The Kier molecular flexibility index (Phi) is 3.79. The van der Waals surface area contributed by atoms with Crippen molar-refractivity contribution in [3.05, 3.63) is 12.2 Å². The van der Waals surface area contributed by atoms with E-state index in [0.29, 0.717) is 12.5 Å². The molecule has 17 heavy (non-hydrogen) atoms. The van der Waals surface area contributed by atoms with Crippen LogP contribution < -0.4 is 5.73 Å². The van der Waals surface area contributed by atoms with E-state index >= 15 is 0 Å². The second-order valence-electron chi connectivity index (χ2n) is 5.30. The maximum atomic E-state index is 5.99. The first kappa shape index (κ1) is 12.5. The number of nitrogens with zero attached hydrogens (tertiary/aromatic N) is 3. The smallest absolute Gasteiger partial charge is 0.140 e. The summed E-state index contributed by atoms with van der Waals surface area (Å²) >= 11 is 0. The molecule has 1 saturated heterocycles. The van der Waals surface area contributed by atoms with Gasteiger partial charge in [-0.3, -0.25) is 0 Å². The van der Waals surface area contributed by atoms with Gasteiger partial charge in [0, 0.05) is 31.7 Å². The largest absolute Gasteiger partial charge is 0.381 e. The molecule has 2 heterocycles. The van der Waals surface area contributed by atoms with Crippen LogP contribution in [0, 0.1) is 5.92 Å². The van der Waals surface area contributed by atoms with Crippen LogP contribution in [0.3, 0.4) is 0 Å². The molecule has 0 aromatic carbocycles. The van der Waals surface area contributed by atoms with Gasteiger partial charge in [0.15, 0.2) is 0 Å². The van der Waals surface area contributed by atoms with Gasteiger partial charge in [-0.25, -0.2) is 0 Å². The quantitative estimate of drug-likeness (QED) is 0.848. The SMILES string of the molecule is CC(C)Cn1cnnc1C1(CN)CCOCC1. The third kappa shape index (κ3) is 2.50. The molecule has 0 spiro atoms. The Morgan fingerprint density at radius 3 is 2.76 bits per heavy atom. The number of aromatic nitrogens is 3. The molecular formula is C12H22N4O. The van der Waals surface area contributed by atoms with Gasteiger partial charge in [0.25, 0.3) is 0 Å². The number of nitrogens with two attached hydrogens (primary N) is 1. The van der Waals surface area contributed by atoms with Gasteiger partial charge in [-0.1, -0.05) is 13.8 Å². The molecule has 0 aliphatic carbocycles. The van der Waals surface area contributed by atoms with Gasteiger partial charge in [-0.2, -0.15) is 0 Å². The molecule has 5 nitrogen and oxygen atoms in total. The molecule has 1 aliphatic rings. The average molecular weight is 238 g/mol. The zero-order chi connectivity index (χ0) is 12.3. The van der Waals surface area contributed by atoms with Crippen molar-refractivity contribution in [3.63, 3.8) is 0 Å². The fraction of sp³-hybridized carbons (Fsp3) is 0.833. The summed E-state index contributed by atoms with van der Waals surface area (Å²) in [5.74, 6) is 1.62. The summed E-state index contributed by atoms with van der Waals surface area (Å²) < 4.78 is 7.59. The number of rotatable bonds is 4. The van der Waals surface area contributed by atoms with E-state index in [-0.39, 0.29) is 5.41 Å². The summed E-state index contributed by atoms with van der Waals surface area (Å²) in [7, 11) is 0. The molecule has 0 amide bonds. The van der Waals surface area contributed by atoms with Crippen molar-refractivity contribution in [2.75, 3.05) is 19.8 Å². The highest BCUT2D eigenvalue weighted by atomic mass is 16.5. The molecule has 2 rings (SSSR count). The minimum atomic E-state index is -0.0381. The zero-order valence-corrected chi connectivity index (χ0v) is 10.7. The van der Waals surface area contributed by atoms with Crippen molar-refractivity contribution < 1.29 is 4.74 Å². The van der Waals surface area contributed by atoms with Crippen molar-refractivity contribution in [1.82, 2.24) is 14.8 Å². The average Bonchev–Trinajstić information content (AvgIpc) is 2.78. The molecule has 1 aromatic heterocycles. The fourth-order valence-corrected chi connectivity index (χ4v) is 2.47. The fourth-order valence-electron chi connectivity index (χ4n) is 2.47. The molecule has 5 heteroatoms. The minimum absolute atomic E-state index is 0.0381. The van der Waals surface area contributed by atoms with E-state index in [2.05, 4.69) is 28.6 Å². The Balaban J connectivity index is 2.26. The Morgan fingerprint density at radius 2 is 2.18 bits per heavy atom. The third-order valence-corrected chi connectivity index (χ3v) is 3.49. The highest BCUT2D eigenvalue weighted by Crippen LogP contribution is 2.32. The summed E-state index contributed by atoms with van der Waals surface area (Å²) in [5.41, 5.74) is 5.95. The van der Waals surface area contributed by atoms with Gasteiger partial charge in [0.2, 0.25) is 0 Å². The molecule has 0 radical (unpaired) electrons. The molecule has 1 aliphatic heterocycles. The second-order valence-corrected chi connectivity index (χ2v) is 5.30. The first-order valence-corrected chi connectivity index (χ1v) is 6.34. The number of hydrogen-bond donors (Lipinski definition) is 1. The molecule has 0 bridgehead atoms.